The molecule has 2 heterocycles. The van der Waals surface area contributed by atoms with E-state index in [-0.39, 0.29) is 24.1 Å². The van der Waals surface area contributed by atoms with E-state index in [0.29, 0.717) is 31.9 Å². The molecule has 0 spiro atoms. The number of anilines is 1. The van der Waals surface area contributed by atoms with Crippen molar-refractivity contribution in [3.05, 3.63) is 59.8 Å². The molecular weight excluding hydrogens is 482 g/mol. The molecule has 9 nitrogen and oxygen atoms in total. The number of aromatic nitrogens is 1. The van der Waals surface area contributed by atoms with E-state index in [1.807, 2.05) is 71.9 Å². The number of carbonyl (C=O) groups is 2. The summed E-state index contributed by atoms with van der Waals surface area (Å²) in [6.45, 7) is 12.7. The number of rotatable bonds is 8. The fourth-order valence-electron chi connectivity index (χ4n) is 4.42. The molecule has 3 rings (SSSR count). The molecule has 2 amide bonds. The second kappa shape index (κ2) is 12.6. The first kappa shape index (κ1) is 29.4. The number of nitrogens with zero attached hydrogens (tertiary/aromatic N) is 2. The molecule has 208 valence electrons. The van der Waals surface area contributed by atoms with Crippen LogP contribution in [0.4, 0.5) is 15.4 Å². The highest BCUT2D eigenvalue weighted by Crippen LogP contribution is 2.24. The summed E-state index contributed by atoms with van der Waals surface area (Å²) in [5, 5.41) is 6.30. The van der Waals surface area contributed by atoms with Crippen molar-refractivity contribution in [3.63, 3.8) is 0 Å². The second-order valence-corrected chi connectivity index (χ2v) is 12.0. The molecule has 3 atom stereocenters. The van der Waals surface area contributed by atoms with Crippen molar-refractivity contribution in [1.82, 2.24) is 15.2 Å². The van der Waals surface area contributed by atoms with Crippen molar-refractivity contribution in [2.24, 2.45) is 11.7 Å². The molecule has 1 saturated heterocycles. The Labute approximate surface area is 226 Å². The first-order valence-electron chi connectivity index (χ1n) is 13.2. The lowest BCUT2D eigenvalue weighted by molar-refractivity contribution is 0.0285. The molecule has 9 heteroatoms. The zero-order chi connectivity index (χ0) is 27.9. The van der Waals surface area contributed by atoms with Gasteiger partial charge in [0.15, 0.2) is 0 Å². The summed E-state index contributed by atoms with van der Waals surface area (Å²) in [6, 6.07) is 15.6. The molecule has 2 aromatic rings. The highest BCUT2D eigenvalue weighted by Gasteiger charge is 2.37. The van der Waals surface area contributed by atoms with Gasteiger partial charge in [0.05, 0.1) is 0 Å². The van der Waals surface area contributed by atoms with Crippen LogP contribution in [0, 0.1) is 5.92 Å². The van der Waals surface area contributed by atoms with E-state index in [0.717, 1.165) is 12.1 Å². The number of nitrogens with two attached hydrogens (primary N) is 1. The van der Waals surface area contributed by atoms with Gasteiger partial charge >= 0.3 is 12.2 Å². The summed E-state index contributed by atoms with van der Waals surface area (Å²) in [6.07, 6.45) is 0.509. The summed E-state index contributed by atoms with van der Waals surface area (Å²) in [4.78, 5) is 31.4. The topological polar surface area (TPSA) is 119 Å². The van der Waals surface area contributed by atoms with Crippen LogP contribution in [-0.2, 0) is 22.3 Å². The van der Waals surface area contributed by atoms with Crippen molar-refractivity contribution in [1.29, 1.82) is 0 Å². The molecule has 4 N–H and O–H groups in total. The van der Waals surface area contributed by atoms with Gasteiger partial charge in [-0.25, -0.2) is 14.6 Å². The van der Waals surface area contributed by atoms with Crippen molar-refractivity contribution in [2.45, 2.75) is 77.7 Å². The first-order valence-corrected chi connectivity index (χ1v) is 13.2. The molecule has 38 heavy (non-hydrogen) atoms. The van der Waals surface area contributed by atoms with Crippen molar-refractivity contribution < 1.29 is 19.1 Å². The van der Waals surface area contributed by atoms with E-state index in [2.05, 4.69) is 27.8 Å². The highest BCUT2D eigenvalue weighted by molar-refractivity contribution is 5.83. The third-order valence-corrected chi connectivity index (χ3v) is 5.98. The lowest BCUT2D eigenvalue weighted by Crippen LogP contribution is -2.45. The predicted octanol–water partition coefficient (Wildman–Crippen LogP) is 4.37. The van der Waals surface area contributed by atoms with Crippen LogP contribution in [0.3, 0.4) is 0 Å². The van der Waals surface area contributed by atoms with Gasteiger partial charge in [-0.2, -0.15) is 0 Å². The van der Waals surface area contributed by atoms with Gasteiger partial charge in [-0.15, -0.1) is 0 Å². The maximum Gasteiger partial charge on any atom is 0.413 e. The van der Waals surface area contributed by atoms with Gasteiger partial charge in [-0.3, -0.25) is 5.32 Å². The Bertz CT molecular complexity index is 1060. The van der Waals surface area contributed by atoms with Crippen LogP contribution < -0.4 is 16.4 Å². The fourth-order valence-corrected chi connectivity index (χ4v) is 4.42. The van der Waals surface area contributed by atoms with Gasteiger partial charge in [0.25, 0.3) is 0 Å². The lowest BCUT2D eigenvalue weighted by Gasteiger charge is -2.24. The summed E-state index contributed by atoms with van der Waals surface area (Å²) in [5.41, 5.74) is 7.27. The molecule has 1 fully saturated rings. The van der Waals surface area contributed by atoms with E-state index in [1.54, 1.807) is 11.0 Å². The Morgan fingerprint density at radius 3 is 2.34 bits per heavy atom. The minimum Gasteiger partial charge on any atom is -0.444 e. The maximum absolute atomic E-state index is 12.8. The average molecular weight is 526 g/mol. The minimum atomic E-state index is -0.600. The molecule has 0 aliphatic carbocycles. The van der Waals surface area contributed by atoms with Crippen LogP contribution >= 0.6 is 0 Å². The second-order valence-electron chi connectivity index (χ2n) is 12.0. The smallest absolute Gasteiger partial charge is 0.413 e. The van der Waals surface area contributed by atoms with E-state index in [4.69, 9.17) is 15.2 Å². The van der Waals surface area contributed by atoms with E-state index in [1.165, 1.54) is 5.56 Å². The Balaban J connectivity index is 1.67. The number of pyridine rings is 1. The lowest BCUT2D eigenvalue weighted by atomic mass is 9.97. The van der Waals surface area contributed by atoms with Crippen LogP contribution in [0.25, 0.3) is 0 Å². The number of carbonyl (C=O) groups excluding carboxylic acids is 2. The largest absolute Gasteiger partial charge is 0.444 e. The average Bonchev–Trinajstić information content (AvgIpc) is 3.19. The molecular formula is C29H43N5O4. The Kier molecular flexibility index (Phi) is 9.73. The predicted molar refractivity (Wildman–Crippen MR) is 149 cm³/mol. The zero-order valence-corrected chi connectivity index (χ0v) is 23.5. The third kappa shape index (κ3) is 9.95. The van der Waals surface area contributed by atoms with Gasteiger partial charge in [0.1, 0.15) is 17.0 Å². The molecule has 0 saturated carbocycles. The van der Waals surface area contributed by atoms with Crippen LogP contribution in [-0.4, -0.2) is 65.0 Å². The number of hydrogen-bond donors (Lipinski definition) is 3. The zero-order valence-electron chi connectivity index (χ0n) is 23.5. The summed E-state index contributed by atoms with van der Waals surface area (Å²) in [7, 11) is 0. The molecule has 1 aliphatic rings. The highest BCUT2D eigenvalue weighted by atomic mass is 16.6. The quantitative estimate of drug-likeness (QED) is 0.468. The van der Waals surface area contributed by atoms with Crippen molar-refractivity contribution in [2.75, 3.05) is 25.0 Å². The van der Waals surface area contributed by atoms with Crippen LogP contribution in [0.15, 0.2) is 48.5 Å². The third-order valence-electron chi connectivity index (χ3n) is 5.98. The monoisotopic (exact) mass is 525 g/mol. The number of amides is 2. The molecule has 1 aliphatic heterocycles. The Morgan fingerprint density at radius 2 is 1.68 bits per heavy atom. The summed E-state index contributed by atoms with van der Waals surface area (Å²) in [5.74, 6) is 0.517. The summed E-state index contributed by atoms with van der Waals surface area (Å²) >= 11 is 0. The number of benzene rings is 1. The normalized spacial score (nSPS) is 18.7. The Morgan fingerprint density at radius 1 is 1.00 bits per heavy atom. The van der Waals surface area contributed by atoms with Gasteiger partial charge in [-0.05, 0) is 78.0 Å². The molecule has 0 radical (unpaired) electrons. The van der Waals surface area contributed by atoms with Gasteiger partial charge in [0.2, 0.25) is 0 Å². The summed E-state index contributed by atoms with van der Waals surface area (Å²) < 4.78 is 11.0. The van der Waals surface area contributed by atoms with E-state index in [9.17, 15) is 9.59 Å². The number of hydrogen-bond acceptors (Lipinski definition) is 7. The SMILES string of the molecule is CC(C)(C)OC(=O)Nc1cccc(CC2CN(C(=O)OC(C)(C)C)CC2NC[C@H](N)Cc2ccccc2)n1. The van der Waals surface area contributed by atoms with Gasteiger partial charge in [-0.1, -0.05) is 36.4 Å². The number of likely N-dealkylation sites (tertiary alicyclic amines) is 1. The van der Waals surface area contributed by atoms with Crippen LogP contribution in [0.1, 0.15) is 52.8 Å². The molecule has 2 unspecified atom stereocenters. The van der Waals surface area contributed by atoms with Crippen LogP contribution in [0.5, 0.6) is 0 Å². The first-order chi connectivity index (χ1) is 17.8. The minimum absolute atomic E-state index is 0.0219. The van der Waals surface area contributed by atoms with Crippen molar-refractivity contribution >= 4 is 18.0 Å². The molecule has 0 bridgehead atoms. The van der Waals surface area contributed by atoms with E-state index >= 15 is 0 Å². The molecule has 1 aromatic heterocycles. The van der Waals surface area contributed by atoms with Gasteiger partial charge in [0, 0.05) is 37.4 Å². The Hall–Kier alpha value is -3.17. The van der Waals surface area contributed by atoms with Crippen molar-refractivity contribution in [3.8, 4) is 0 Å². The number of ether oxygens (including phenoxy) is 2. The maximum atomic E-state index is 12.8. The van der Waals surface area contributed by atoms with Gasteiger partial charge < -0.3 is 25.4 Å². The van der Waals surface area contributed by atoms with Crippen LogP contribution in [0.2, 0.25) is 0 Å². The van der Waals surface area contributed by atoms with E-state index < -0.39 is 17.3 Å². The standard InChI is InChI=1S/C29H43N5O4/c1-28(2,3)37-26(35)33-25-14-10-13-23(32-25)16-21-18-34(27(36)38-29(4,5)6)19-24(21)31-17-22(30)15-20-11-8-7-9-12-20/h7-14,21-22,24,31H,15-19,30H2,1-6H3,(H,32,33,35)/t21?,22-,24?/m1/s1. The molecule has 1 aromatic carbocycles. The fraction of sp³-hybridized carbons (Fsp3) is 0.552. The number of nitrogens with one attached hydrogen (secondary N) is 2.